The molecule has 0 saturated carbocycles. The molecule has 0 aromatic heterocycles. The molecule has 1 aromatic carbocycles. The summed E-state index contributed by atoms with van der Waals surface area (Å²) in [6, 6.07) is 4.13. The molecular formula is C11H8N2. The van der Waals surface area contributed by atoms with Gasteiger partial charge in [-0.25, -0.2) is 0 Å². The average molecular weight is 168 g/mol. The number of hydrogen-bond acceptors (Lipinski definition) is 2. The number of aliphatic imine (C=N–C) groups is 1. The van der Waals surface area contributed by atoms with E-state index >= 15 is 0 Å². The van der Waals surface area contributed by atoms with E-state index in [2.05, 4.69) is 28.2 Å². The van der Waals surface area contributed by atoms with Gasteiger partial charge in [-0.1, -0.05) is 12.1 Å². The van der Waals surface area contributed by atoms with Crippen LogP contribution in [-0.4, -0.2) is 6.21 Å². The number of nitrogens with zero attached hydrogens (tertiary/aromatic N) is 2. The average Bonchev–Trinajstić information content (AvgIpc) is 2.65. The molecule has 2 aliphatic heterocycles. The maximum atomic E-state index is 4.34. The van der Waals surface area contributed by atoms with E-state index in [9.17, 15) is 0 Å². The first-order valence-corrected chi connectivity index (χ1v) is 4.34. The maximum Gasteiger partial charge on any atom is 0.0759 e. The van der Waals surface area contributed by atoms with Crippen molar-refractivity contribution in [1.29, 1.82) is 0 Å². The van der Waals surface area contributed by atoms with Crippen LogP contribution >= 0.6 is 0 Å². The van der Waals surface area contributed by atoms with Crippen LogP contribution in [0.4, 0.5) is 5.69 Å². The standard InChI is InChI=1S/C11H8N2/c1-2-9-10(12-6-1)4-3-8-5-7-13-11(8)9/h1,3-7H,2H2. The Morgan fingerprint density at radius 2 is 2.23 bits per heavy atom. The van der Waals surface area contributed by atoms with E-state index in [0.29, 0.717) is 0 Å². The summed E-state index contributed by atoms with van der Waals surface area (Å²) in [7, 11) is 0. The molecule has 2 aliphatic rings. The molecule has 62 valence electrons. The first-order chi connectivity index (χ1) is 6.45. The molecule has 0 aliphatic carbocycles. The summed E-state index contributed by atoms with van der Waals surface area (Å²) < 4.78 is 0. The fourth-order valence-electron chi connectivity index (χ4n) is 1.75. The number of hydrogen-bond donors (Lipinski definition) is 0. The van der Waals surface area contributed by atoms with Gasteiger partial charge in [0.2, 0.25) is 0 Å². The third-order valence-corrected chi connectivity index (χ3v) is 2.39. The summed E-state index contributed by atoms with van der Waals surface area (Å²) in [5.74, 6) is 0. The fraction of sp³-hybridized carbons (Fsp3) is 0.0909. The van der Waals surface area contributed by atoms with E-state index in [1.807, 2.05) is 18.5 Å². The highest BCUT2D eigenvalue weighted by molar-refractivity contribution is 5.97. The van der Waals surface area contributed by atoms with E-state index in [-0.39, 0.29) is 0 Å². The molecular weight excluding hydrogens is 160 g/mol. The van der Waals surface area contributed by atoms with Crippen LogP contribution in [0.15, 0.2) is 34.4 Å². The van der Waals surface area contributed by atoms with Crippen molar-refractivity contribution in [2.45, 2.75) is 6.42 Å². The predicted molar refractivity (Wildman–Crippen MR) is 52.7 cm³/mol. The van der Waals surface area contributed by atoms with Crippen molar-refractivity contribution in [1.82, 2.24) is 0 Å². The van der Waals surface area contributed by atoms with Crippen LogP contribution in [0.3, 0.4) is 0 Å². The second kappa shape index (κ2) is 2.39. The molecule has 2 heterocycles. The lowest BCUT2D eigenvalue weighted by Gasteiger charge is -2.04. The minimum Gasteiger partial charge on any atom is -0.257 e. The largest absolute Gasteiger partial charge is 0.257 e. The molecule has 2 nitrogen and oxygen atoms in total. The van der Waals surface area contributed by atoms with Crippen LogP contribution in [0.1, 0.15) is 5.56 Å². The summed E-state index contributed by atoms with van der Waals surface area (Å²) in [6.07, 6.45) is 8.76. The Morgan fingerprint density at radius 1 is 1.23 bits per heavy atom. The molecule has 0 N–H and O–H groups in total. The Bertz CT molecular complexity index is 536. The van der Waals surface area contributed by atoms with Gasteiger partial charge in [-0.15, -0.1) is 0 Å². The van der Waals surface area contributed by atoms with Crippen LogP contribution in [0, 0.1) is 0 Å². The van der Waals surface area contributed by atoms with Crippen molar-refractivity contribution >= 4 is 18.0 Å². The number of allylic oxidation sites excluding steroid dienone is 1. The zero-order valence-corrected chi connectivity index (χ0v) is 7.07. The minimum absolute atomic E-state index is 0.952. The number of fused-ring (bicyclic) bond motifs is 3. The smallest absolute Gasteiger partial charge is 0.0759 e. The Balaban J connectivity index is 2.47. The molecule has 0 atom stereocenters. The minimum atomic E-state index is 0.952. The van der Waals surface area contributed by atoms with Crippen molar-refractivity contribution in [3.8, 4) is 0 Å². The first-order valence-electron chi connectivity index (χ1n) is 4.34. The molecule has 2 heteroatoms. The lowest BCUT2D eigenvalue weighted by molar-refractivity contribution is 1.12. The van der Waals surface area contributed by atoms with Gasteiger partial charge in [-0.3, -0.25) is 9.98 Å². The molecule has 0 fully saturated rings. The Hall–Kier alpha value is -1.70. The van der Waals surface area contributed by atoms with Crippen LogP contribution in [0.25, 0.3) is 6.08 Å². The highest BCUT2D eigenvalue weighted by Crippen LogP contribution is 2.14. The lowest BCUT2D eigenvalue weighted by atomic mass is 10.1. The SMILES string of the molecule is C1=CN=c2ccc3c(c2C1)N=CC=3. The van der Waals surface area contributed by atoms with Gasteiger partial charge in [-0.2, -0.15) is 0 Å². The summed E-state index contributed by atoms with van der Waals surface area (Å²) in [4.78, 5) is 8.64. The topological polar surface area (TPSA) is 24.7 Å². The fourth-order valence-corrected chi connectivity index (χ4v) is 1.75. The van der Waals surface area contributed by atoms with E-state index in [1.165, 1.54) is 10.8 Å². The van der Waals surface area contributed by atoms with Gasteiger partial charge in [-0.05, 0) is 18.6 Å². The Morgan fingerprint density at radius 3 is 3.23 bits per heavy atom. The molecule has 0 saturated heterocycles. The highest BCUT2D eigenvalue weighted by Gasteiger charge is 2.08. The van der Waals surface area contributed by atoms with Gasteiger partial charge < -0.3 is 0 Å². The van der Waals surface area contributed by atoms with Gasteiger partial charge >= 0.3 is 0 Å². The predicted octanol–water partition coefficient (Wildman–Crippen LogP) is 0.872. The molecule has 0 unspecified atom stereocenters. The molecule has 3 rings (SSSR count). The highest BCUT2D eigenvalue weighted by atomic mass is 14.8. The molecule has 13 heavy (non-hydrogen) atoms. The molecule has 0 radical (unpaired) electrons. The second-order valence-electron chi connectivity index (χ2n) is 3.16. The lowest BCUT2D eigenvalue weighted by Crippen LogP contribution is -2.16. The third kappa shape index (κ3) is 0.886. The van der Waals surface area contributed by atoms with Gasteiger partial charge in [0.05, 0.1) is 11.0 Å². The van der Waals surface area contributed by atoms with Gasteiger partial charge in [0.15, 0.2) is 0 Å². The van der Waals surface area contributed by atoms with Crippen molar-refractivity contribution in [2.75, 3.05) is 0 Å². The van der Waals surface area contributed by atoms with Crippen LogP contribution < -0.4 is 10.6 Å². The number of rotatable bonds is 0. The van der Waals surface area contributed by atoms with Crippen LogP contribution in [0.2, 0.25) is 0 Å². The quantitative estimate of drug-likeness (QED) is 0.549. The maximum absolute atomic E-state index is 4.34. The molecule has 0 amide bonds. The monoisotopic (exact) mass is 168 g/mol. The van der Waals surface area contributed by atoms with E-state index < -0.39 is 0 Å². The zero-order valence-electron chi connectivity index (χ0n) is 7.07. The molecule has 1 aromatic rings. The zero-order chi connectivity index (χ0) is 8.67. The van der Waals surface area contributed by atoms with Gasteiger partial charge in [0, 0.05) is 23.2 Å². The third-order valence-electron chi connectivity index (χ3n) is 2.39. The molecule has 0 spiro atoms. The molecule has 0 bridgehead atoms. The van der Waals surface area contributed by atoms with Crippen molar-refractivity contribution in [3.63, 3.8) is 0 Å². The summed E-state index contributed by atoms with van der Waals surface area (Å²) >= 11 is 0. The second-order valence-corrected chi connectivity index (χ2v) is 3.16. The summed E-state index contributed by atoms with van der Waals surface area (Å²) in [5.41, 5.74) is 2.36. The van der Waals surface area contributed by atoms with Crippen molar-refractivity contribution < 1.29 is 0 Å². The van der Waals surface area contributed by atoms with Crippen LogP contribution in [-0.2, 0) is 6.42 Å². The Labute approximate surface area is 75.7 Å². The van der Waals surface area contributed by atoms with E-state index in [1.54, 1.807) is 0 Å². The Kier molecular flexibility index (Phi) is 1.25. The van der Waals surface area contributed by atoms with Gasteiger partial charge in [0.25, 0.3) is 0 Å². The first kappa shape index (κ1) is 6.78. The van der Waals surface area contributed by atoms with Crippen LogP contribution in [0.5, 0.6) is 0 Å². The normalized spacial score (nSPS) is 16.0. The summed E-state index contributed by atoms with van der Waals surface area (Å²) in [5, 5.41) is 2.28. The number of benzene rings is 1. The summed E-state index contributed by atoms with van der Waals surface area (Å²) in [6.45, 7) is 0. The van der Waals surface area contributed by atoms with E-state index in [0.717, 1.165) is 17.5 Å². The van der Waals surface area contributed by atoms with Crippen molar-refractivity contribution in [2.24, 2.45) is 9.98 Å². The van der Waals surface area contributed by atoms with Gasteiger partial charge in [0.1, 0.15) is 0 Å². The van der Waals surface area contributed by atoms with E-state index in [4.69, 9.17) is 0 Å². The van der Waals surface area contributed by atoms with Crippen molar-refractivity contribution in [3.05, 3.63) is 40.5 Å².